The Morgan fingerprint density at radius 1 is 1.75 bits per heavy atom. The molecule has 0 N–H and O–H groups in total. The van der Waals surface area contributed by atoms with Gasteiger partial charge in [0.1, 0.15) is 0 Å². The molecule has 2 nitrogen and oxygen atoms in total. The van der Waals surface area contributed by atoms with Crippen molar-refractivity contribution in [3.63, 3.8) is 0 Å². The normalized spacial score (nSPS) is 8.75. The highest BCUT2D eigenvalue weighted by Gasteiger charge is 2.03. The molecule has 0 aliphatic heterocycles. The van der Waals surface area contributed by atoms with Crippen LogP contribution < -0.4 is 0 Å². The quantitative estimate of drug-likeness (QED) is 0.525. The first-order chi connectivity index (χ1) is 3.68. The van der Waals surface area contributed by atoms with Crippen LogP contribution in [-0.2, 0) is 4.79 Å². The first kappa shape index (κ1) is 7.59. The van der Waals surface area contributed by atoms with Crippen molar-refractivity contribution in [1.29, 1.82) is 5.26 Å². The summed E-state index contributed by atoms with van der Waals surface area (Å²) in [6.45, 7) is 3.71. The zero-order valence-corrected chi connectivity index (χ0v) is 5.90. The highest BCUT2D eigenvalue weighted by Crippen LogP contribution is 2.26. The summed E-state index contributed by atoms with van der Waals surface area (Å²) >= 11 is 0. The number of carbonyl (C=O) groups excluding carboxylic acids is 1. The lowest BCUT2D eigenvalue weighted by Crippen LogP contribution is -1.89. The van der Waals surface area contributed by atoms with Gasteiger partial charge in [-0.25, -0.2) is 0 Å². The van der Waals surface area contributed by atoms with Gasteiger partial charge in [0, 0.05) is 0 Å². The number of nitrogens with zero attached hydrogens (tertiary/aromatic N) is 1. The lowest BCUT2D eigenvalue weighted by atomic mass is 10.5. The van der Waals surface area contributed by atoms with Gasteiger partial charge in [-0.2, -0.15) is 5.26 Å². The van der Waals surface area contributed by atoms with Crippen LogP contribution in [0.25, 0.3) is 0 Å². The van der Waals surface area contributed by atoms with Crippen LogP contribution in [0.2, 0.25) is 0 Å². The molecule has 0 aromatic rings. The van der Waals surface area contributed by atoms with Gasteiger partial charge in [-0.3, -0.25) is 4.79 Å². The van der Waals surface area contributed by atoms with Crippen molar-refractivity contribution in [2.24, 2.45) is 0 Å². The van der Waals surface area contributed by atoms with Crippen LogP contribution in [0.5, 0.6) is 0 Å². The number of hydrogen-bond donors (Lipinski definition) is 0. The van der Waals surface area contributed by atoms with Gasteiger partial charge in [0.15, 0.2) is 5.52 Å². The van der Waals surface area contributed by atoms with E-state index in [-0.39, 0.29) is 11.9 Å². The van der Waals surface area contributed by atoms with Crippen molar-refractivity contribution < 1.29 is 4.79 Å². The molecule has 0 heterocycles. The first-order valence-electron chi connectivity index (χ1n) is 2.25. The summed E-state index contributed by atoms with van der Waals surface area (Å²) < 4.78 is 0. The Bertz CT molecular complexity index is 125. The lowest BCUT2D eigenvalue weighted by molar-refractivity contribution is -0.110. The van der Waals surface area contributed by atoms with Crippen LogP contribution in [0, 0.1) is 11.3 Å². The number of hydrogen-bond acceptors (Lipinski definition) is 2. The molecule has 0 aliphatic rings. The highest BCUT2D eigenvalue weighted by atomic mass is 31.1. The van der Waals surface area contributed by atoms with E-state index in [1.807, 2.05) is 19.4 Å². The minimum atomic E-state index is -0.529. The summed E-state index contributed by atoms with van der Waals surface area (Å²) in [7, 11) is -0.529. The third kappa shape index (κ3) is 2.71. The highest BCUT2D eigenvalue weighted by molar-refractivity contribution is 7.73. The fourth-order valence-corrected chi connectivity index (χ4v) is 0.613. The van der Waals surface area contributed by atoms with Crippen LogP contribution in [-0.4, -0.2) is 18.9 Å². The minimum Gasteiger partial charge on any atom is -0.293 e. The third-order valence-corrected chi connectivity index (χ3v) is 1.88. The number of rotatable bonds is 2. The maximum absolute atomic E-state index is 10.5. The van der Waals surface area contributed by atoms with E-state index in [1.54, 1.807) is 0 Å². The molecule has 44 valence electrons. The topological polar surface area (TPSA) is 40.9 Å². The molecule has 3 heteroatoms. The molecular formula is C5H8NOP. The summed E-state index contributed by atoms with van der Waals surface area (Å²) in [6.07, 6.45) is 0.0820. The Hall–Kier alpha value is -0.410. The Kier molecular flexibility index (Phi) is 3.39. The van der Waals surface area contributed by atoms with Gasteiger partial charge in [-0.1, -0.05) is 0 Å². The molecule has 0 rings (SSSR count). The second kappa shape index (κ2) is 3.57. The molecule has 0 fully saturated rings. The molecule has 0 atom stereocenters. The largest absolute Gasteiger partial charge is 0.293 e. The molecule has 0 aromatic carbocycles. The summed E-state index contributed by atoms with van der Waals surface area (Å²) in [5.41, 5.74) is 0.0856. The molecular weight excluding hydrogens is 121 g/mol. The van der Waals surface area contributed by atoms with Gasteiger partial charge in [-0.05, 0) is 21.3 Å². The van der Waals surface area contributed by atoms with Gasteiger partial charge in [0.05, 0.1) is 12.5 Å². The standard InChI is InChI=1S/C5H8NOP/c1-8(2)5(7)3-4-6/h3H2,1-2H3. The van der Waals surface area contributed by atoms with Gasteiger partial charge < -0.3 is 0 Å². The summed E-state index contributed by atoms with van der Waals surface area (Å²) in [6, 6.07) is 1.82. The predicted molar refractivity (Wildman–Crippen MR) is 34.0 cm³/mol. The van der Waals surface area contributed by atoms with E-state index in [0.717, 1.165) is 0 Å². The maximum atomic E-state index is 10.5. The zero-order valence-electron chi connectivity index (χ0n) is 5.01. The molecule has 0 bridgehead atoms. The molecule has 0 aromatic heterocycles. The smallest absolute Gasteiger partial charge is 0.167 e. The van der Waals surface area contributed by atoms with Crippen molar-refractivity contribution in [2.75, 3.05) is 13.3 Å². The molecule has 0 saturated carbocycles. The van der Waals surface area contributed by atoms with Crippen LogP contribution in [0.3, 0.4) is 0 Å². The fourth-order valence-electron chi connectivity index (χ4n) is 0.226. The molecule has 0 amide bonds. The zero-order chi connectivity index (χ0) is 6.57. The summed E-state index contributed by atoms with van der Waals surface area (Å²) in [4.78, 5) is 10.5. The molecule has 0 aliphatic carbocycles. The van der Waals surface area contributed by atoms with Crippen molar-refractivity contribution in [3.05, 3.63) is 0 Å². The number of carbonyl (C=O) groups is 1. The van der Waals surface area contributed by atoms with E-state index in [4.69, 9.17) is 5.26 Å². The Labute approximate surface area is 50.3 Å². The van der Waals surface area contributed by atoms with Gasteiger partial charge in [0.2, 0.25) is 0 Å². The van der Waals surface area contributed by atoms with E-state index in [2.05, 4.69) is 0 Å². The number of nitriles is 1. The Balaban J connectivity index is 3.53. The maximum Gasteiger partial charge on any atom is 0.167 e. The molecule has 0 radical (unpaired) electrons. The van der Waals surface area contributed by atoms with Crippen LogP contribution in [0.15, 0.2) is 0 Å². The van der Waals surface area contributed by atoms with E-state index < -0.39 is 7.92 Å². The van der Waals surface area contributed by atoms with E-state index in [0.29, 0.717) is 0 Å². The average Bonchev–Trinajstić information content (AvgIpc) is 1.67. The predicted octanol–water partition coefficient (Wildman–Crippen LogP) is 1.17. The van der Waals surface area contributed by atoms with E-state index in [1.165, 1.54) is 0 Å². The monoisotopic (exact) mass is 129 g/mol. The van der Waals surface area contributed by atoms with Crippen molar-refractivity contribution >= 4 is 13.4 Å². The second-order valence-corrected chi connectivity index (χ2v) is 3.91. The average molecular weight is 129 g/mol. The van der Waals surface area contributed by atoms with Gasteiger partial charge in [0.25, 0.3) is 0 Å². The van der Waals surface area contributed by atoms with Crippen LogP contribution in [0.1, 0.15) is 6.42 Å². The molecule has 0 spiro atoms. The third-order valence-electron chi connectivity index (χ3n) is 0.729. The van der Waals surface area contributed by atoms with E-state index >= 15 is 0 Å². The van der Waals surface area contributed by atoms with Crippen LogP contribution in [0.4, 0.5) is 0 Å². The molecule has 8 heavy (non-hydrogen) atoms. The van der Waals surface area contributed by atoms with Gasteiger partial charge in [-0.15, -0.1) is 0 Å². The Morgan fingerprint density at radius 3 is 2.38 bits per heavy atom. The lowest BCUT2D eigenvalue weighted by Gasteiger charge is -1.95. The molecule has 0 saturated heterocycles. The summed E-state index contributed by atoms with van der Waals surface area (Å²) in [5, 5.41) is 8.03. The SMILES string of the molecule is CP(C)C(=O)CC#N. The Morgan fingerprint density at radius 2 is 2.25 bits per heavy atom. The first-order valence-corrected chi connectivity index (χ1v) is 4.49. The van der Waals surface area contributed by atoms with E-state index in [9.17, 15) is 4.79 Å². The van der Waals surface area contributed by atoms with Crippen molar-refractivity contribution in [3.8, 4) is 6.07 Å². The molecule has 0 unspecified atom stereocenters. The van der Waals surface area contributed by atoms with Crippen molar-refractivity contribution in [1.82, 2.24) is 0 Å². The fraction of sp³-hybridized carbons (Fsp3) is 0.600. The van der Waals surface area contributed by atoms with Gasteiger partial charge >= 0.3 is 0 Å². The van der Waals surface area contributed by atoms with Crippen LogP contribution >= 0.6 is 7.92 Å². The van der Waals surface area contributed by atoms with Crippen molar-refractivity contribution in [2.45, 2.75) is 6.42 Å². The minimum absolute atomic E-state index is 0.0820. The summed E-state index contributed by atoms with van der Waals surface area (Å²) in [5.74, 6) is 0. The second-order valence-electron chi connectivity index (χ2n) is 1.62.